The van der Waals surface area contributed by atoms with Crippen molar-refractivity contribution in [2.75, 3.05) is 43.9 Å². The second-order valence-electron chi connectivity index (χ2n) is 11.2. The number of carbonyl (C=O) groups excluding carboxylic acids is 2. The van der Waals surface area contributed by atoms with Gasteiger partial charge in [-0.15, -0.1) is 0 Å². The third-order valence-corrected chi connectivity index (χ3v) is 9.15. The fourth-order valence-electron chi connectivity index (χ4n) is 5.36. The van der Waals surface area contributed by atoms with Gasteiger partial charge in [-0.05, 0) is 69.1 Å². The Bertz CT molecular complexity index is 1430. The van der Waals surface area contributed by atoms with Gasteiger partial charge < -0.3 is 20.4 Å². The van der Waals surface area contributed by atoms with Gasteiger partial charge in [-0.25, -0.2) is 4.98 Å². The zero-order chi connectivity index (χ0) is 29.1. The van der Waals surface area contributed by atoms with Gasteiger partial charge in [0.05, 0.1) is 12.1 Å². The largest absolute Gasteiger partial charge is 0.363 e. The monoisotopic (exact) mass is 579 g/mol. The predicted molar refractivity (Wildman–Crippen MR) is 161 cm³/mol. The highest BCUT2D eigenvalue weighted by Gasteiger charge is 2.30. The van der Waals surface area contributed by atoms with Crippen molar-refractivity contribution in [2.24, 2.45) is 5.92 Å². The normalized spacial score (nSPS) is 18.3. The third kappa shape index (κ3) is 6.56. The minimum Gasteiger partial charge on any atom is -0.363 e. The van der Waals surface area contributed by atoms with Gasteiger partial charge in [0.1, 0.15) is 5.03 Å². The van der Waals surface area contributed by atoms with Gasteiger partial charge in [0, 0.05) is 36.1 Å². The van der Waals surface area contributed by atoms with Crippen LogP contribution < -0.4 is 10.6 Å². The number of carbonyl (C=O) groups is 2. The summed E-state index contributed by atoms with van der Waals surface area (Å²) in [4.78, 5) is 33.4. The number of nitrogens with zero attached hydrogens (tertiary/aromatic N) is 5. The average molecular weight is 580 g/mol. The van der Waals surface area contributed by atoms with Crippen molar-refractivity contribution < 1.29 is 14.0 Å². The van der Waals surface area contributed by atoms with Crippen molar-refractivity contribution in [3.63, 3.8) is 0 Å². The Morgan fingerprint density at radius 1 is 1.22 bits per heavy atom. The molecule has 0 spiro atoms. The van der Waals surface area contributed by atoms with E-state index in [1.165, 1.54) is 17.8 Å². The number of halogens is 1. The zero-order valence-corrected chi connectivity index (χ0v) is 24.7. The van der Waals surface area contributed by atoms with E-state index in [9.17, 15) is 9.59 Å². The molecule has 2 aliphatic heterocycles. The van der Waals surface area contributed by atoms with Crippen LogP contribution in [-0.2, 0) is 16.1 Å². The first-order chi connectivity index (χ1) is 19.7. The Hall–Kier alpha value is -3.44. The smallest absolute Gasteiger partial charge is 0.245 e. The predicted octanol–water partition coefficient (Wildman–Crippen LogP) is 4.76. The van der Waals surface area contributed by atoms with E-state index in [2.05, 4.69) is 48.1 Å². The lowest BCUT2D eigenvalue weighted by Gasteiger charge is -2.28. The number of hydrogen-bond donors (Lipinski definition) is 2. The van der Waals surface area contributed by atoms with Crippen molar-refractivity contribution in [1.29, 1.82) is 0 Å². The number of anilines is 2. The highest BCUT2D eigenvalue weighted by Crippen LogP contribution is 2.35. The van der Waals surface area contributed by atoms with Crippen molar-refractivity contribution >= 4 is 40.7 Å². The first kappa shape index (κ1) is 29.1. The molecule has 3 aromatic rings. The summed E-state index contributed by atoms with van der Waals surface area (Å²) in [5.41, 5.74) is 3.18. The van der Waals surface area contributed by atoms with Crippen LogP contribution in [0, 0.1) is 11.7 Å². The van der Waals surface area contributed by atoms with Crippen LogP contribution in [0.1, 0.15) is 50.2 Å². The van der Waals surface area contributed by atoms with Crippen LogP contribution in [0.5, 0.6) is 0 Å². The van der Waals surface area contributed by atoms with Gasteiger partial charge in [0.15, 0.2) is 17.3 Å². The molecule has 2 saturated heterocycles. The molecule has 1 atom stereocenters. The molecule has 2 aromatic heterocycles. The number of benzene rings is 1. The summed E-state index contributed by atoms with van der Waals surface area (Å²) >= 11 is 1.52. The number of rotatable bonds is 9. The van der Waals surface area contributed by atoms with E-state index >= 15 is 4.39 Å². The topological polar surface area (TPSA) is 94.9 Å². The second kappa shape index (κ2) is 12.6. The fourth-order valence-corrected chi connectivity index (χ4v) is 6.46. The van der Waals surface area contributed by atoms with Crippen LogP contribution in [0.2, 0.25) is 0 Å². The fraction of sp³-hybridized carbons (Fsp3) is 0.467. The second-order valence-corrected chi connectivity index (χ2v) is 12.5. The van der Waals surface area contributed by atoms with Gasteiger partial charge in [-0.1, -0.05) is 44.3 Å². The zero-order valence-electron chi connectivity index (χ0n) is 23.9. The molecule has 2 amide bonds. The summed E-state index contributed by atoms with van der Waals surface area (Å²) < 4.78 is 17.5. The molecule has 1 unspecified atom stereocenters. The summed E-state index contributed by atoms with van der Waals surface area (Å²) in [6.45, 7) is 10.9. The van der Waals surface area contributed by atoms with Crippen LogP contribution in [0.3, 0.4) is 0 Å². The maximum atomic E-state index is 16.0. The molecule has 0 radical (unpaired) electrons. The van der Waals surface area contributed by atoms with Gasteiger partial charge in [0.2, 0.25) is 11.8 Å². The number of fused-ring (bicyclic) bond motifs is 1. The number of aromatic nitrogens is 3. The molecular formula is C30H38FN7O2S. The van der Waals surface area contributed by atoms with E-state index < -0.39 is 5.82 Å². The van der Waals surface area contributed by atoms with Crippen LogP contribution in [0.25, 0.3) is 5.65 Å². The first-order valence-electron chi connectivity index (χ1n) is 14.2. The lowest BCUT2D eigenvalue weighted by atomic mass is 10.1. The first-order valence-corrected chi connectivity index (χ1v) is 15.1. The van der Waals surface area contributed by atoms with Crippen molar-refractivity contribution in [3.8, 4) is 0 Å². The number of nitrogens with one attached hydrogen (secondary N) is 2. The van der Waals surface area contributed by atoms with E-state index in [0.29, 0.717) is 47.7 Å². The molecule has 11 heteroatoms. The van der Waals surface area contributed by atoms with Crippen LogP contribution >= 0.6 is 11.8 Å². The lowest BCUT2D eigenvalue weighted by Crippen LogP contribution is -2.31. The standard InChI is InChI=1S/C30H38FN7O2S/c1-5-25(39)37-14-9-21(18-37)29(40)34-22-8-6-7-20(15-22)16-32-28-26(31)30(41-23-10-12-36(4)13-11-23)35-27-24(19(2)3)17-33-38(27)28/h5-8,15,17,19,21,23,32H,1,9-14,16,18H2,2-4H3,(H,34,40). The Kier molecular flexibility index (Phi) is 8.94. The van der Waals surface area contributed by atoms with Crippen LogP contribution in [0.4, 0.5) is 15.9 Å². The van der Waals surface area contributed by atoms with Gasteiger partial charge in [-0.3, -0.25) is 9.59 Å². The molecule has 2 fully saturated rings. The Balaban J connectivity index is 1.32. The number of thioether (sulfide) groups is 1. The molecule has 4 heterocycles. The summed E-state index contributed by atoms with van der Waals surface area (Å²) in [5.74, 6) is -0.466. The quantitative estimate of drug-likeness (QED) is 0.279. The number of amides is 2. The van der Waals surface area contributed by atoms with Crippen molar-refractivity contribution in [3.05, 3.63) is 60.1 Å². The van der Waals surface area contributed by atoms with Gasteiger partial charge >= 0.3 is 0 Å². The lowest BCUT2D eigenvalue weighted by molar-refractivity contribution is -0.125. The van der Waals surface area contributed by atoms with Gasteiger partial charge in [-0.2, -0.15) is 14.0 Å². The molecule has 9 nitrogen and oxygen atoms in total. The molecular weight excluding hydrogens is 541 g/mol. The van der Waals surface area contributed by atoms with E-state index in [-0.39, 0.29) is 29.5 Å². The van der Waals surface area contributed by atoms with Crippen LogP contribution in [0.15, 0.2) is 48.1 Å². The highest BCUT2D eigenvalue weighted by molar-refractivity contribution is 7.99. The third-order valence-electron chi connectivity index (χ3n) is 7.85. The summed E-state index contributed by atoms with van der Waals surface area (Å²) in [6.07, 6.45) is 5.65. The molecule has 0 saturated carbocycles. The summed E-state index contributed by atoms with van der Waals surface area (Å²) in [5, 5.41) is 11.4. The molecule has 1 aromatic carbocycles. The minimum atomic E-state index is -0.399. The molecule has 2 aliphatic rings. The molecule has 0 aliphatic carbocycles. The Labute approximate surface area is 244 Å². The minimum absolute atomic E-state index is 0.121. The van der Waals surface area contributed by atoms with Crippen molar-refractivity contribution in [1.82, 2.24) is 24.4 Å². The number of likely N-dealkylation sites (tertiary alicyclic amines) is 2. The maximum Gasteiger partial charge on any atom is 0.245 e. The van der Waals surface area contributed by atoms with Crippen LogP contribution in [-0.4, -0.2) is 74.7 Å². The Morgan fingerprint density at radius 3 is 2.73 bits per heavy atom. The average Bonchev–Trinajstić information content (AvgIpc) is 3.62. The Morgan fingerprint density at radius 2 is 2.00 bits per heavy atom. The summed E-state index contributed by atoms with van der Waals surface area (Å²) in [6, 6.07) is 7.49. The SMILES string of the molecule is C=CC(=O)N1CCC(C(=O)Nc2cccc(CNc3c(F)c(SC4CCN(C)CC4)nc4c(C(C)C)cnn34)c2)C1. The van der Waals surface area contributed by atoms with E-state index in [4.69, 9.17) is 4.98 Å². The molecule has 41 heavy (non-hydrogen) atoms. The maximum absolute atomic E-state index is 16.0. The van der Waals surface area contributed by atoms with E-state index in [1.54, 1.807) is 15.6 Å². The van der Waals surface area contributed by atoms with Crippen molar-refractivity contribution in [2.45, 2.75) is 55.8 Å². The van der Waals surface area contributed by atoms with E-state index in [0.717, 1.165) is 37.1 Å². The number of piperidine rings is 1. The molecule has 218 valence electrons. The number of hydrogen-bond acceptors (Lipinski definition) is 7. The summed E-state index contributed by atoms with van der Waals surface area (Å²) in [7, 11) is 2.12. The molecule has 2 N–H and O–H groups in total. The highest BCUT2D eigenvalue weighted by atomic mass is 32.2. The molecule has 5 rings (SSSR count). The van der Waals surface area contributed by atoms with E-state index in [1.807, 2.05) is 24.3 Å². The molecule has 0 bridgehead atoms. The van der Waals surface area contributed by atoms with Gasteiger partial charge in [0.25, 0.3) is 0 Å².